The van der Waals surface area contributed by atoms with Crippen molar-refractivity contribution in [2.24, 2.45) is 0 Å². The Morgan fingerprint density at radius 1 is 0.976 bits per heavy atom. The van der Waals surface area contributed by atoms with E-state index in [0.717, 1.165) is 52.4 Å². The molecule has 0 spiro atoms. The van der Waals surface area contributed by atoms with Crippen LogP contribution in [0.3, 0.4) is 0 Å². The van der Waals surface area contributed by atoms with Crippen molar-refractivity contribution in [3.05, 3.63) is 91.1 Å². The zero-order chi connectivity index (χ0) is 28.4. The van der Waals surface area contributed by atoms with Crippen LogP contribution in [0.15, 0.2) is 40.2 Å². The van der Waals surface area contributed by atoms with Crippen molar-refractivity contribution in [2.45, 2.75) is 51.4 Å². The monoisotopic (exact) mass is 583 g/mol. The molecule has 0 radical (unpaired) electrons. The highest BCUT2D eigenvalue weighted by Gasteiger charge is 2.26. The van der Waals surface area contributed by atoms with Crippen LogP contribution in [-0.2, 0) is 26.1 Å². The zero-order valence-electron chi connectivity index (χ0n) is 21.3. The van der Waals surface area contributed by atoms with Gasteiger partial charge in [-0.2, -0.15) is 15.2 Å². The summed E-state index contributed by atoms with van der Waals surface area (Å²) in [5.41, 5.74) is -0.0714. The van der Waals surface area contributed by atoms with Crippen LogP contribution in [0.5, 0.6) is 0 Å². The van der Waals surface area contributed by atoms with Crippen molar-refractivity contribution in [1.29, 1.82) is 0 Å². The molecule has 2 aliphatic rings. The van der Waals surface area contributed by atoms with Gasteiger partial charge in [0.05, 0.1) is 35.4 Å². The maximum absolute atomic E-state index is 14.7. The topological polar surface area (TPSA) is 117 Å². The largest absolute Gasteiger partial charge is 0.355 e. The molecule has 5 aromatic rings. The summed E-state index contributed by atoms with van der Waals surface area (Å²) < 4.78 is 47.6. The summed E-state index contributed by atoms with van der Waals surface area (Å²) in [5.74, 6) is -3.77. The van der Waals surface area contributed by atoms with Crippen molar-refractivity contribution in [3.8, 4) is 0 Å². The van der Waals surface area contributed by atoms with Gasteiger partial charge >= 0.3 is 11.4 Å². The highest BCUT2D eigenvalue weighted by atomic mass is 35.5. The minimum Gasteiger partial charge on any atom is -0.324 e. The zero-order valence-corrected chi connectivity index (χ0v) is 22.1. The molecule has 7 rings (SSSR count). The fourth-order valence-corrected chi connectivity index (χ4v) is 5.27. The number of nitrogens with one attached hydrogen (secondary N) is 1. The van der Waals surface area contributed by atoms with Gasteiger partial charge in [0.1, 0.15) is 12.1 Å². The first kappa shape index (κ1) is 25.5. The third-order valence-corrected chi connectivity index (χ3v) is 7.62. The quantitative estimate of drug-likeness (QED) is 0.291. The summed E-state index contributed by atoms with van der Waals surface area (Å²) >= 11 is 6.52. The molecule has 1 fully saturated rings. The van der Waals surface area contributed by atoms with Gasteiger partial charge in [0, 0.05) is 29.3 Å². The molecule has 0 amide bonds. The van der Waals surface area contributed by atoms with E-state index in [9.17, 15) is 22.8 Å². The van der Waals surface area contributed by atoms with Crippen LogP contribution in [0.4, 0.5) is 24.8 Å². The van der Waals surface area contributed by atoms with Crippen LogP contribution in [-0.4, -0.2) is 38.7 Å². The molecule has 15 heteroatoms. The Labute approximate surface area is 233 Å². The fourth-order valence-electron chi connectivity index (χ4n) is 5.06. The molecule has 11 nitrogen and oxygen atoms in total. The number of anilines is 2. The molecule has 1 aliphatic heterocycles. The van der Waals surface area contributed by atoms with Crippen molar-refractivity contribution >= 4 is 34.1 Å². The Kier molecular flexibility index (Phi) is 5.96. The molecule has 41 heavy (non-hydrogen) atoms. The third-order valence-electron chi connectivity index (χ3n) is 7.31. The normalized spacial score (nSPS) is 14.6. The lowest BCUT2D eigenvalue weighted by Gasteiger charge is -2.16. The second-order valence-corrected chi connectivity index (χ2v) is 10.6. The van der Waals surface area contributed by atoms with Gasteiger partial charge in [-0.3, -0.25) is 9.25 Å². The highest BCUT2D eigenvalue weighted by Crippen LogP contribution is 2.34. The van der Waals surface area contributed by atoms with Crippen LogP contribution in [0, 0.1) is 17.5 Å². The number of aryl methyl sites for hydroxylation is 2. The number of rotatable bonds is 7. The minimum atomic E-state index is -1.37. The number of halogens is 4. The number of nitrogens with zero attached hydrogens (tertiary/aromatic N) is 8. The lowest BCUT2D eigenvalue weighted by molar-refractivity contribution is 0.485. The standard InChI is InChI=1S/C26H21ClF3N9O2/c27-16-8-20-15(22-2-1-5-38(22)34-20)7-21(16)32-24-33-25(40)37(11-23-31-12-39(35-23)14-3-4-14)26(41)36(24)10-13-6-18(29)19(30)9-17(13)28/h6-9,12,14H,1-5,10-11H2,(H,32,33,40). The van der Waals surface area contributed by atoms with E-state index in [1.807, 2.05) is 4.68 Å². The van der Waals surface area contributed by atoms with Crippen molar-refractivity contribution in [1.82, 2.24) is 38.7 Å². The van der Waals surface area contributed by atoms with Crippen molar-refractivity contribution < 1.29 is 13.2 Å². The van der Waals surface area contributed by atoms with Gasteiger partial charge < -0.3 is 5.32 Å². The first-order valence-electron chi connectivity index (χ1n) is 13.0. The molecule has 0 bridgehead atoms. The highest BCUT2D eigenvalue weighted by molar-refractivity contribution is 6.34. The lowest BCUT2D eigenvalue weighted by atomic mass is 10.1. The Balaban J connectivity index is 1.33. The van der Waals surface area contributed by atoms with E-state index in [4.69, 9.17) is 11.6 Å². The summed E-state index contributed by atoms with van der Waals surface area (Å²) in [7, 11) is 0. The third kappa shape index (κ3) is 4.57. The Bertz CT molecular complexity index is 1980. The molecule has 0 atom stereocenters. The van der Waals surface area contributed by atoms with Crippen molar-refractivity contribution in [2.75, 3.05) is 5.32 Å². The SMILES string of the molecule is O=c1nc(Nc2cc3c4n(nc3cc2Cl)CCC4)n(Cc2cc(F)c(F)cc2F)c(=O)n1Cc1ncn(C2CC2)n1. The van der Waals surface area contributed by atoms with Crippen LogP contribution in [0.2, 0.25) is 5.02 Å². The molecular formula is C26H21ClF3N9O2. The maximum Gasteiger partial charge on any atom is 0.355 e. The smallest absolute Gasteiger partial charge is 0.324 e. The average molecular weight is 584 g/mol. The number of hydrogen-bond acceptors (Lipinski definition) is 7. The fraction of sp³-hybridized carbons (Fsp3) is 0.308. The van der Waals surface area contributed by atoms with Gasteiger partial charge in [0.2, 0.25) is 5.95 Å². The van der Waals surface area contributed by atoms with Crippen LogP contribution >= 0.6 is 11.6 Å². The average Bonchev–Trinajstić information content (AvgIpc) is 3.34. The van der Waals surface area contributed by atoms with Crippen LogP contribution < -0.4 is 16.7 Å². The second kappa shape index (κ2) is 9.58. The minimum absolute atomic E-state index is 0.215. The number of aromatic nitrogens is 8. The first-order valence-corrected chi connectivity index (χ1v) is 13.3. The molecular weight excluding hydrogens is 563 g/mol. The predicted octanol–water partition coefficient (Wildman–Crippen LogP) is 3.54. The van der Waals surface area contributed by atoms with Crippen LogP contribution in [0.25, 0.3) is 10.9 Å². The number of benzene rings is 2. The second-order valence-electron chi connectivity index (χ2n) is 10.2. The van der Waals surface area contributed by atoms with Gasteiger partial charge in [0.15, 0.2) is 17.5 Å². The van der Waals surface area contributed by atoms with E-state index in [1.54, 1.807) is 16.8 Å². The van der Waals surface area contributed by atoms with E-state index in [-0.39, 0.29) is 34.9 Å². The molecule has 1 saturated carbocycles. The lowest BCUT2D eigenvalue weighted by Crippen LogP contribution is -2.43. The van der Waals surface area contributed by atoms with E-state index < -0.39 is 35.4 Å². The van der Waals surface area contributed by atoms with Crippen LogP contribution in [0.1, 0.15) is 42.4 Å². The van der Waals surface area contributed by atoms with Gasteiger partial charge in [-0.15, -0.1) is 0 Å². The van der Waals surface area contributed by atoms with Gasteiger partial charge in [-0.1, -0.05) is 11.6 Å². The summed E-state index contributed by atoms with van der Waals surface area (Å²) in [6, 6.07) is 4.70. The molecule has 1 aliphatic carbocycles. The van der Waals surface area contributed by atoms with E-state index in [2.05, 4.69) is 25.5 Å². The molecule has 3 aromatic heterocycles. The number of hydrogen-bond donors (Lipinski definition) is 1. The Morgan fingerprint density at radius 2 is 1.78 bits per heavy atom. The molecule has 2 aromatic carbocycles. The maximum atomic E-state index is 14.7. The van der Waals surface area contributed by atoms with E-state index in [0.29, 0.717) is 23.3 Å². The summed E-state index contributed by atoms with van der Waals surface area (Å²) in [5, 5.41) is 12.9. The molecule has 4 heterocycles. The molecule has 0 unspecified atom stereocenters. The summed E-state index contributed by atoms with van der Waals surface area (Å²) in [6.45, 7) is -0.0675. The van der Waals surface area contributed by atoms with E-state index >= 15 is 0 Å². The molecule has 1 N–H and O–H groups in total. The van der Waals surface area contributed by atoms with Gasteiger partial charge in [-0.05, 0) is 43.9 Å². The van der Waals surface area contributed by atoms with Gasteiger partial charge in [0.25, 0.3) is 0 Å². The Morgan fingerprint density at radius 3 is 2.59 bits per heavy atom. The summed E-state index contributed by atoms with van der Waals surface area (Å²) in [6.07, 6.45) is 5.25. The van der Waals surface area contributed by atoms with E-state index in [1.165, 1.54) is 6.33 Å². The summed E-state index contributed by atoms with van der Waals surface area (Å²) in [4.78, 5) is 35.0. The molecule has 210 valence electrons. The van der Waals surface area contributed by atoms with Gasteiger partial charge in [-0.25, -0.2) is 37.0 Å². The molecule has 0 saturated heterocycles. The first-order chi connectivity index (χ1) is 19.7. The Hall–Kier alpha value is -4.46. The predicted molar refractivity (Wildman–Crippen MR) is 142 cm³/mol. The number of fused-ring (bicyclic) bond motifs is 3. The van der Waals surface area contributed by atoms with Crippen molar-refractivity contribution in [3.63, 3.8) is 0 Å².